The Balaban J connectivity index is 1.42. The van der Waals surface area contributed by atoms with E-state index in [0.717, 1.165) is 0 Å². The standard InChI is InChI=1S/C22H22ClNO5/c1-27-18-5-3-16(23)13-17(18)22(26)24-8-6-14(7-9-24)21(25)15-2-4-19-20(12-15)29-11-10-28-19/h2-5,12-14H,6-11H2,1H3. The van der Waals surface area contributed by atoms with Gasteiger partial charge in [-0.25, -0.2) is 0 Å². The number of fused-ring (bicyclic) bond motifs is 1. The van der Waals surface area contributed by atoms with Gasteiger partial charge in [-0.05, 0) is 49.2 Å². The Labute approximate surface area is 174 Å². The molecule has 6 nitrogen and oxygen atoms in total. The molecule has 2 aromatic carbocycles. The summed E-state index contributed by atoms with van der Waals surface area (Å²) in [6.07, 6.45) is 1.23. The Morgan fingerprint density at radius 3 is 2.48 bits per heavy atom. The van der Waals surface area contributed by atoms with E-state index in [-0.39, 0.29) is 17.6 Å². The fourth-order valence-corrected chi connectivity index (χ4v) is 3.97. The maximum Gasteiger partial charge on any atom is 0.257 e. The van der Waals surface area contributed by atoms with Crippen molar-refractivity contribution < 1.29 is 23.8 Å². The van der Waals surface area contributed by atoms with Gasteiger partial charge >= 0.3 is 0 Å². The fourth-order valence-electron chi connectivity index (χ4n) is 3.79. The number of rotatable bonds is 4. The first-order chi connectivity index (χ1) is 14.1. The smallest absolute Gasteiger partial charge is 0.257 e. The lowest BCUT2D eigenvalue weighted by Crippen LogP contribution is -2.40. The van der Waals surface area contributed by atoms with Crippen molar-refractivity contribution in [1.29, 1.82) is 0 Å². The van der Waals surface area contributed by atoms with Crippen molar-refractivity contribution in [3.63, 3.8) is 0 Å². The van der Waals surface area contributed by atoms with E-state index in [1.165, 1.54) is 7.11 Å². The third kappa shape index (κ3) is 4.03. The number of benzene rings is 2. The summed E-state index contributed by atoms with van der Waals surface area (Å²) in [5.74, 6) is 1.60. The average molecular weight is 416 g/mol. The summed E-state index contributed by atoms with van der Waals surface area (Å²) in [7, 11) is 1.53. The molecule has 4 rings (SSSR count). The Kier molecular flexibility index (Phi) is 5.62. The minimum absolute atomic E-state index is 0.0782. The molecule has 1 saturated heterocycles. The van der Waals surface area contributed by atoms with Crippen molar-refractivity contribution in [3.05, 3.63) is 52.5 Å². The highest BCUT2D eigenvalue weighted by atomic mass is 35.5. The van der Waals surface area contributed by atoms with Crippen LogP contribution in [0.3, 0.4) is 0 Å². The van der Waals surface area contributed by atoms with Crippen LogP contribution in [0.2, 0.25) is 5.02 Å². The summed E-state index contributed by atoms with van der Waals surface area (Å²) in [6.45, 7) is 2.02. The molecule has 1 amide bonds. The van der Waals surface area contributed by atoms with Crippen LogP contribution in [0.1, 0.15) is 33.6 Å². The lowest BCUT2D eigenvalue weighted by atomic mass is 9.88. The third-order valence-corrected chi connectivity index (χ3v) is 5.61. The number of Topliss-reactive ketones (excluding diaryl/α,β-unsaturated/α-hetero) is 1. The Morgan fingerprint density at radius 1 is 1.03 bits per heavy atom. The predicted octanol–water partition coefficient (Wildman–Crippen LogP) is 3.85. The van der Waals surface area contributed by atoms with Gasteiger partial charge in [-0.2, -0.15) is 0 Å². The monoisotopic (exact) mass is 415 g/mol. The zero-order chi connectivity index (χ0) is 20.4. The highest BCUT2D eigenvalue weighted by Crippen LogP contribution is 2.33. The molecule has 0 radical (unpaired) electrons. The number of halogens is 1. The molecule has 7 heteroatoms. The highest BCUT2D eigenvalue weighted by Gasteiger charge is 2.30. The molecule has 0 saturated carbocycles. The van der Waals surface area contributed by atoms with Crippen LogP contribution in [-0.4, -0.2) is 50.0 Å². The molecule has 29 heavy (non-hydrogen) atoms. The number of piperidine rings is 1. The van der Waals surface area contributed by atoms with E-state index in [9.17, 15) is 9.59 Å². The minimum atomic E-state index is -0.130. The summed E-state index contributed by atoms with van der Waals surface area (Å²) in [5, 5.41) is 0.484. The largest absolute Gasteiger partial charge is 0.496 e. The van der Waals surface area contributed by atoms with Crippen LogP contribution >= 0.6 is 11.6 Å². The molecule has 1 fully saturated rings. The summed E-state index contributed by atoms with van der Waals surface area (Å²) >= 11 is 6.05. The van der Waals surface area contributed by atoms with Gasteiger partial charge in [0.15, 0.2) is 17.3 Å². The molecular formula is C22H22ClNO5. The molecule has 0 spiro atoms. The number of carbonyl (C=O) groups excluding carboxylic acids is 2. The number of methoxy groups -OCH3 is 1. The average Bonchev–Trinajstić information content (AvgIpc) is 2.78. The molecule has 2 heterocycles. The summed E-state index contributed by atoms with van der Waals surface area (Å²) < 4.78 is 16.4. The Bertz CT molecular complexity index is 937. The number of carbonyl (C=O) groups is 2. The second-order valence-corrected chi connectivity index (χ2v) is 7.57. The van der Waals surface area contributed by atoms with E-state index in [4.69, 9.17) is 25.8 Å². The van der Waals surface area contributed by atoms with Crippen molar-refractivity contribution in [1.82, 2.24) is 4.90 Å². The van der Waals surface area contributed by atoms with Gasteiger partial charge in [-0.3, -0.25) is 9.59 Å². The van der Waals surface area contributed by atoms with Gasteiger partial charge < -0.3 is 19.1 Å². The van der Waals surface area contributed by atoms with Crippen molar-refractivity contribution in [3.8, 4) is 17.2 Å². The maximum atomic E-state index is 12.9. The number of amides is 1. The van der Waals surface area contributed by atoms with Gasteiger partial charge in [-0.1, -0.05) is 11.6 Å². The molecule has 2 aliphatic rings. The van der Waals surface area contributed by atoms with E-state index in [0.29, 0.717) is 72.5 Å². The molecule has 0 bridgehead atoms. The van der Waals surface area contributed by atoms with Gasteiger partial charge in [0.1, 0.15) is 19.0 Å². The highest BCUT2D eigenvalue weighted by molar-refractivity contribution is 6.31. The van der Waals surface area contributed by atoms with Gasteiger partial charge in [0.05, 0.1) is 12.7 Å². The molecule has 0 unspecified atom stereocenters. The number of ketones is 1. The second-order valence-electron chi connectivity index (χ2n) is 7.13. The fraction of sp³-hybridized carbons (Fsp3) is 0.364. The molecule has 2 aromatic rings. The van der Waals surface area contributed by atoms with Gasteiger partial charge in [0.25, 0.3) is 5.91 Å². The first-order valence-electron chi connectivity index (χ1n) is 9.63. The summed E-state index contributed by atoms with van der Waals surface area (Å²) in [4.78, 5) is 27.6. The Morgan fingerprint density at radius 2 is 1.76 bits per heavy atom. The molecular weight excluding hydrogens is 394 g/mol. The quantitative estimate of drug-likeness (QED) is 0.709. The zero-order valence-corrected chi connectivity index (χ0v) is 16.9. The second kappa shape index (κ2) is 8.33. The van der Waals surface area contributed by atoms with Crippen molar-refractivity contribution >= 4 is 23.3 Å². The molecule has 152 valence electrons. The van der Waals surface area contributed by atoms with Crippen LogP contribution < -0.4 is 14.2 Å². The molecule has 0 aliphatic carbocycles. The number of hydrogen-bond acceptors (Lipinski definition) is 5. The van der Waals surface area contributed by atoms with Crippen LogP contribution in [0.4, 0.5) is 0 Å². The van der Waals surface area contributed by atoms with E-state index >= 15 is 0 Å². The maximum absolute atomic E-state index is 12.9. The normalized spacial score (nSPS) is 16.4. The number of nitrogens with zero attached hydrogens (tertiary/aromatic N) is 1. The number of hydrogen-bond donors (Lipinski definition) is 0. The van der Waals surface area contributed by atoms with E-state index in [2.05, 4.69) is 0 Å². The predicted molar refractivity (Wildman–Crippen MR) is 108 cm³/mol. The minimum Gasteiger partial charge on any atom is -0.496 e. The van der Waals surface area contributed by atoms with Gasteiger partial charge in [0.2, 0.25) is 0 Å². The van der Waals surface area contributed by atoms with E-state index in [1.807, 2.05) is 0 Å². The zero-order valence-electron chi connectivity index (χ0n) is 16.2. The van der Waals surface area contributed by atoms with Crippen LogP contribution in [0.25, 0.3) is 0 Å². The van der Waals surface area contributed by atoms with Crippen molar-refractivity contribution in [2.75, 3.05) is 33.4 Å². The molecule has 0 aromatic heterocycles. The van der Waals surface area contributed by atoms with Crippen molar-refractivity contribution in [2.45, 2.75) is 12.8 Å². The van der Waals surface area contributed by atoms with Crippen LogP contribution in [0.15, 0.2) is 36.4 Å². The SMILES string of the molecule is COc1ccc(Cl)cc1C(=O)N1CCC(C(=O)c2ccc3c(c2)OCCO3)CC1. The molecule has 2 aliphatic heterocycles. The first-order valence-corrected chi connectivity index (χ1v) is 10.0. The molecule has 0 N–H and O–H groups in total. The number of likely N-dealkylation sites (tertiary alicyclic amines) is 1. The van der Waals surface area contributed by atoms with Gasteiger partial charge in [0, 0.05) is 29.6 Å². The summed E-state index contributed by atoms with van der Waals surface area (Å²) in [5.41, 5.74) is 1.06. The molecule has 0 atom stereocenters. The first kappa shape index (κ1) is 19.6. The van der Waals surface area contributed by atoms with Crippen molar-refractivity contribution in [2.24, 2.45) is 5.92 Å². The third-order valence-electron chi connectivity index (χ3n) is 5.37. The summed E-state index contributed by atoms with van der Waals surface area (Å²) in [6, 6.07) is 10.3. The number of ether oxygens (including phenoxy) is 3. The van der Waals surface area contributed by atoms with Crippen LogP contribution in [0.5, 0.6) is 17.2 Å². The Hall–Kier alpha value is -2.73. The van der Waals surface area contributed by atoms with Crippen LogP contribution in [0, 0.1) is 5.92 Å². The lowest BCUT2D eigenvalue weighted by Gasteiger charge is -2.32. The lowest BCUT2D eigenvalue weighted by molar-refractivity contribution is 0.0647. The topological polar surface area (TPSA) is 65.1 Å². The van der Waals surface area contributed by atoms with E-state index in [1.54, 1.807) is 41.3 Å². The van der Waals surface area contributed by atoms with Crippen LogP contribution in [-0.2, 0) is 0 Å². The van der Waals surface area contributed by atoms with E-state index < -0.39 is 0 Å². The van der Waals surface area contributed by atoms with Gasteiger partial charge in [-0.15, -0.1) is 0 Å².